The molecule has 0 amide bonds. The molecule has 2 rings (SSSR count). The largest absolute Gasteiger partial charge is 0.548 e. The lowest BCUT2D eigenvalue weighted by Gasteiger charge is -2.12. The average molecular weight is 246 g/mol. The molecule has 96 valence electrons. The van der Waals surface area contributed by atoms with Crippen molar-refractivity contribution in [3.63, 3.8) is 0 Å². The molecule has 1 heterocycles. The fourth-order valence-corrected chi connectivity index (χ4v) is 2.32. The van der Waals surface area contributed by atoms with Crippen molar-refractivity contribution in [1.29, 1.82) is 0 Å². The maximum absolute atomic E-state index is 10.8. The number of rotatable bonds is 3. The highest BCUT2D eigenvalue weighted by Crippen LogP contribution is 2.31. The lowest BCUT2D eigenvalue weighted by Crippen LogP contribution is -2.27. The second kappa shape index (κ2) is 4.37. The van der Waals surface area contributed by atoms with Crippen molar-refractivity contribution in [2.24, 2.45) is 0 Å². The summed E-state index contributed by atoms with van der Waals surface area (Å²) in [6.45, 7) is 5.77. The minimum absolute atomic E-state index is 0.138. The van der Waals surface area contributed by atoms with Crippen LogP contribution in [0, 0.1) is 20.8 Å². The lowest BCUT2D eigenvalue weighted by molar-refractivity contribution is -0.306. The van der Waals surface area contributed by atoms with Gasteiger partial charge in [-0.25, -0.2) is 0 Å². The van der Waals surface area contributed by atoms with Crippen molar-refractivity contribution < 1.29 is 14.6 Å². The van der Waals surface area contributed by atoms with Crippen LogP contribution < -0.4 is 9.84 Å². The zero-order valence-corrected chi connectivity index (χ0v) is 11.0. The number of methoxy groups -OCH3 is 1. The Morgan fingerprint density at radius 3 is 2.50 bits per heavy atom. The van der Waals surface area contributed by atoms with Crippen LogP contribution in [-0.4, -0.2) is 17.6 Å². The van der Waals surface area contributed by atoms with Gasteiger partial charge in [-0.15, -0.1) is 0 Å². The van der Waals surface area contributed by atoms with Crippen molar-refractivity contribution in [3.8, 4) is 5.75 Å². The van der Waals surface area contributed by atoms with Crippen LogP contribution in [0.2, 0.25) is 0 Å². The van der Waals surface area contributed by atoms with Gasteiger partial charge in [-0.1, -0.05) is 0 Å². The molecule has 0 saturated carbocycles. The molecule has 4 heteroatoms. The summed E-state index contributed by atoms with van der Waals surface area (Å²) in [7, 11) is 1.62. The standard InChI is InChI=1S/C14H17NO3/c1-8-5-11-9(2)10(3)13(18-4)6-12(11)15(8)7-14(16)17/h5-6H,7H2,1-4H3,(H,16,17)/p-1. The van der Waals surface area contributed by atoms with Gasteiger partial charge in [-0.2, -0.15) is 0 Å². The normalized spacial score (nSPS) is 10.9. The number of aliphatic carboxylic acids is 1. The summed E-state index contributed by atoms with van der Waals surface area (Å²) in [6.07, 6.45) is 0. The number of carbonyl (C=O) groups is 1. The number of nitrogens with zero attached hydrogens (tertiary/aromatic N) is 1. The molecule has 0 atom stereocenters. The van der Waals surface area contributed by atoms with E-state index in [1.165, 1.54) is 0 Å². The van der Waals surface area contributed by atoms with Crippen LogP contribution >= 0.6 is 0 Å². The van der Waals surface area contributed by atoms with E-state index in [2.05, 4.69) is 0 Å². The molecule has 0 N–H and O–H groups in total. The number of aryl methyl sites for hydroxylation is 2. The summed E-state index contributed by atoms with van der Waals surface area (Å²) in [5.41, 5.74) is 3.97. The average Bonchev–Trinajstić information content (AvgIpc) is 2.61. The number of hydrogen-bond donors (Lipinski definition) is 0. The number of carboxylic acid groups (broad SMARTS) is 1. The van der Waals surface area contributed by atoms with Crippen molar-refractivity contribution in [2.75, 3.05) is 7.11 Å². The third-order valence-electron chi connectivity index (χ3n) is 3.46. The maximum Gasteiger partial charge on any atom is 0.124 e. The minimum atomic E-state index is -1.09. The second-order valence-corrected chi connectivity index (χ2v) is 4.51. The molecular formula is C14H16NO3-. The Morgan fingerprint density at radius 1 is 1.28 bits per heavy atom. The first-order valence-corrected chi connectivity index (χ1v) is 5.79. The van der Waals surface area contributed by atoms with Crippen molar-refractivity contribution in [2.45, 2.75) is 27.3 Å². The molecule has 0 fully saturated rings. The monoisotopic (exact) mass is 246 g/mol. The molecule has 0 aliphatic carbocycles. The van der Waals surface area contributed by atoms with Crippen LogP contribution in [0.1, 0.15) is 16.8 Å². The third-order valence-corrected chi connectivity index (χ3v) is 3.46. The summed E-state index contributed by atoms with van der Waals surface area (Å²) in [5.74, 6) is -0.314. The molecule has 1 aromatic heterocycles. The van der Waals surface area contributed by atoms with E-state index >= 15 is 0 Å². The van der Waals surface area contributed by atoms with Crippen LogP contribution in [0.3, 0.4) is 0 Å². The first-order valence-electron chi connectivity index (χ1n) is 5.79. The van der Waals surface area contributed by atoms with Crippen molar-refractivity contribution in [1.82, 2.24) is 4.57 Å². The Hall–Kier alpha value is -1.97. The molecule has 0 unspecified atom stereocenters. The van der Waals surface area contributed by atoms with E-state index in [0.29, 0.717) is 0 Å². The van der Waals surface area contributed by atoms with Gasteiger partial charge in [0.1, 0.15) is 5.75 Å². The second-order valence-electron chi connectivity index (χ2n) is 4.51. The maximum atomic E-state index is 10.8. The Bertz CT molecular complexity index is 626. The Morgan fingerprint density at radius 2 is 1.94 bits per heavy atom. The quantitative estimate of drug-likeness (QED) is 0.820. The van der Waals surface area contributed by atoms with E-state index in [0.717, 1.165) is 33.5 Å². The van der Waals surface area contributed by atoms with Crippen molar-refractivity contribution in [3.05, 3.63) is 29.0 Å². The SMILES string of the molecule is COc1cc2c(cc(C)n2CC(=O)[O-])c(C)c1C. The first kappa shape index (κ1) is 12.5. The number of carbonyl (C=O) groups excluding carboxylic acids is 1. The van der Waals surface area contributed by atoms with Gasteiger partial charge in [-0.3, -0.25) is 0 Å². The van der Waals surface area contributed by atoms with E-state index in [1.54, 1.807) is 11.7 Å². The molecule has 0 aliphatic rings. The summed E-state index contributed by atoms with van der Waals surface area (Å²) in [5, 5.41) is 11.9. The highest BCUT2D eigenvalue weighted by atomic mass is 16.5. The zero-order chi connectivity index (χ0) is 13.4. The lowest BCUT2D eigenvalue weighted by atomic mass is 10.0. The van der Waals surface area contributed by atoms with E-state index in [-0.39, 0.29) is 6.54 Å². The molecular weight excluding hydrogens is 230 g/mol. The Labute approximate surface area is 106 Å². The van der Waals surface area contributed by atoms with Crippen LogP contribution in [-0.2, 0) is 11.3 Å². The fourth-order valence-electron chi connectivity index (χ4n) is 2.32. The van der Waals surface area contributed by atoms with Gasteiger partial charge in [0.25, 0.3) is 0 Å². The number of benzene rings is 1. The molecule has 0 spiro atoms. The van der Waals surface area contributed by atoms with E-state index in [4.69, 9.17) is 4.74 Å². The molecule has 0 bridgehead atoms. The molecule has 4 nitrogen and oxygen atoms in total. The van der Waals surface area contributed by atoms with Crippen molar-refractivity contribution >= 4 is 16.9 Å². The Kier molecular flexibility index (Phi) is 3.03. The smallest absolute Gasteiger partial charge is 0.124 e. The van der Waals surface area contributed by atoms with Gasteiger partial charge in [-0.05, 0) is 38.0 Å². The van der Waals surface area contributed by atoms with Crippen LogP contribution in [0.15, 0.2) is 12.1 Å². The molecule has 0 radical (unpaired) electrons. The summed E-state index contributed by atoms with van der Waals surface area (Å²) >= 11 is 0. The van der Waals surface area contributed by atoms with Gasteiger partial charge in [0.2, 0.25) is 0 Å². The minimum Gasteiger partial charge on any atom is -0.548 e. The predicted molar refractivity (Wildman–Crippen MR) is 67.7 cm³/mol. The molecule has 18 heavy (non-hydrogen) atoms. The molecule has 2 aromatic rings. The Balaban J connectivity index is 2.77. The number of ether oxygens (including phenoxy) is 1. The zero-order valence-electron chi connectivity index (χ0n) is 11.0. The fraction of sp³-hybridized carbons (Fsp3) is 0.357. The molecule has 1 aromatic carbocycles. The van der Waals surface area contributed by atoms with Gasteiger partial charge >= 0.3 is 0 Å². The van der Waals surface area contributed by atoms with Gasteiger partial charge < -0.3 is 19.2 Å². The predicted octanol–water partition coefficient (Wildman–Crippen LogP) is 1.33. The molecule has 0 aliphatic heterocycles. The van der Waals surface area contributed by atoms with Crippen LogP contribution in [0.4, 0.5) is 0 Å². The highest BCUT2D eigenvalue weighted by molar-refractivity contribution is 5.88. The van der Waals surface area contributed by atoms with Crippen LogP contribution in [0.25, 0.3) is 10.9 Å². The van der Waals surface area contributed by atoms with E-state index in [1.807, 2.05) is 32.9 Å². The number of hydrogen-bond acceptors (Lipinski definition) is 3. The molecule has 0 saturated heterocycles. The van der Waals surface area contributed by atoms with Gasteiger partial charge in [0.05, 0.1) is 25.1 Å². The topological polar surface area (TPSA) is 54.3 Å². The van der Waals surface area contributed by atoms with E-state index < -0.39 is 5.97 Å². The first-order chi connectivity index (χ1) is 8.45. The number of fused-ring (bicyclic) bond motifs is 1. The summed E-state index contributed by atoms with van der Waals surface area (Å²) in [6, 6.07) is 3.88. The van der Waals surface area contributed by atoms with Crippen LogP contribution in [0.5, 0.6) is 5.75 Å². The van der Waals surface area contributed by atoms with E-state index in [9.17, 15) is 9.90 Å². The third kappa shape index (κ3) is 1.83. The highest BCUT2D eigenvalue weighted by Gasteiger charge is 2.13. The van der Waals surface area contributed by atoms with Gasteiger partial charge in [0, 0.05) is 17.1 Å². The van der Waals surface area contributed by atoms with Gasteiger partial charge in [0.15, 0.2) is 0 Å². The number of carboxylic acids is 1. The summed E-state index contributed by atoms with van der Waals surface area (Å²) in [4.78, 5) is 10.8. The summed E-state index contributed by atoms with van der Waals surface area (Å²) < 4.78 is 7.06. The number of aromatic nitrogens is 1.